The minimum atomic E-state index is -0.489. The zero-order valence-electron chi connectivity index (χ0n) is 13.9. The molecule has 0 aromatic heterocycles. The molecule has 0 aliphatic carbocycles. The number of ether oxygens (including phenoxy) is 2. The molecule has 0 unspecified atom stereocenters. The Hall–Kier alpha value is -2.58. The van der Waals surface area contributed by atoms with Gasteiger partial charge in [0.1, 0.15) is 0 Å². The Morgan fingerprint density at radius 1 is 0.577 bits per heavy atom. The lowest BCUT2D eigenvalue weighted by Crippen LogP contribution is -2.02. The van der Waals surface area contributed by atoms with Crippen molar-refractivity contribution in [2.24, 2.45) is 0 Å². The maximum Gasteiger partial charge on any atom is 0.337 e. The number of esters is 2. The van der Waals surface area contributed by atoms with Gasteiger partial charge < -0.3 is 9.47 Å². The second-order valence-electron chi connectivity index (χ2n) is 4.88. The number of rotatable bonds is 4. The van der Waals surface area contributed by atoms with Crippen molar-refractivity contribution in [2.45, 2.75) is 0 Å². The fraction of sp³-hybridized carbons (Fsp3) is 0.111. The van der Waals surface area contributed by atoms with Gasteiger partial charge >= 0.3 is 11.9 Å². The molecule has 0 saturated carbocycles. The third-order valence-electron chi connectivity index (χ3n) is 3.28. The molecule has 0 N–H and O–H groups in total. The van der Waals surface area contributed by atoms with E-state index in [0.29, 0.717) is 22.3 Å². The van der Waals surface area contributed by atoms with Crippen molar-refractivity contribution in [1.29, 1.82) is 0 Å². The van der Waals surface area contributed by atoms with E-state index in [4.69, 9.17) is 0 Å². The molecular formula is C18H14O6S2. The van der Waals surface area contributed by atoms with Gasteiger partial charge in [-0.2, -0.15) is 0 Å². The number of benzene rings is 2. The fourth-order valence-corrected chi connectivity index (χ4v) is 3.54. The summed E-state index contributed by atoms with van der Waals surface area (Å²) in [6.45, 7) is 0. The first kappa shape index (κ1) is 19.7. The SMILES string of the molecule is COC(=O)c1ccc(C(=O)SSC(=O)c2ccc(C(=O)OC)cc2)cc1. The molecule has 0 heterocycles. The van der Waals surface area contributed by atoms with Crippen LogP contribution < -0.4 is 0 Å². The Balaban J connectivity index is 1.95. The highest BCUT2D eigenvalue weighted by Gasteiger charge is 2.15. The molecule has 26 heavy (non-hydrogen) atoms. The lowest BCUT2D eigenvalue weighted by Gasteiger charge is -2.03. The second kappa shape index (κ2) is 9.21. The lowest BCUT2D eigenvalue weighted by molar-refractivity contribution is 0.0592. The molecule has 8 heteroatoms. The van der Waals surface area contributed by atoms with Gasteiger partial charge in [-0.3, -0.25) is 9.59 Å². The van der Waals surface area contributed by atoms with Crippen LogP contribution in [0.4, 0.5) is 0 Å². The van der Waals surface area contributed by atoms with E-state index in [2.05, 4.69) is 9.47 Å². The van der Waals surface area contributed by atoms with Crippen LogP contribution in [-0.4, -0.2) is 36.4 Å². The molecule has 2 aromatic carbocycles. The van der Waals surface area contributed by atoms with Crippen LogP contribution >= 0.6 is 21.6 Å². The number of carbonyl (C=O) groups is 4. The van der Waals surface area contributed by atoms with Crippen LogP contribution in [0.5, 0.6) is 0 Å². The normalized spacial score (nSPS) is 10.1. The maximum atomic E-state index is 12.1. The maximum absolute atomic E-state index is 12.1. The molecule has 6 nitrogen and oxygen atoms in total. The van der Waals surface area contributed by atoms with E-state index in [1.54, 1.807) is 0 Å². The fourth-order valence-electron chi connectivity index (χ4n) is 1.89. The molecule has 2 aromatic rings. The van der Waals surface area contributed by atoms with Crippen LogP contribution in [0.15, 0.2) is 48.5 Å². The molecule has 0 saturated heterocycles. The van der Waals surface area contributed by atoms with Crippen molar-refractivity contribution >= 4 is 43.8 Å². The first-order chi connectivity index (χ1) is 12.5. The molecule has 0 bridgehead atoms. The number of methoxy groups -OCH3 is 2. The highest BCUT2D eigenvalue weighted by Crippen LogP contribution is 2.29. The van der Waals surface area contributed by atoms with Gasteiger partial charge in [-0.25, -0.2) is 9.59 Å². The van der Waals surface area contributed by atoms with Crippen molar-refractivity contribution in [3.05, 3.63) is 70.8 Å². The summed E-state index contributed by atoms with van der Waals surface area (Å²) in [6, 6.07) is 11.9. The van der Waals surface area contributed by atoms with Crippen LogP contribution in [0, 0.1) is 0 Å². The summed E-state index contributed by atoms with van der Waals surface area (Å²) in [5.74, 6) is -0.979. The van der Waals surface area contributed by atoms with Gasteiger partial charge in [-0.1, -0.05) is 0 Å². The highest BCUT2D eigenvalue weighted by molar-refractivity contribution is 8.87. The Bertz CT molecular complexity index is 756. The van der Waals surface area contributed by atoms with Gasteiger partial charge in [0.05, 0.1) is 25.3 Å². The summed E-state index contributed by atoms with van der Waals surface area (Å²) in [5.41, 5.74) is 1.40. The molecule has 0 aliphatic heterocycles. The smallest absolute Gasteiger partial charge is 0.337 e. The molecule has 134 valence electrons. The van der Waals surface area contributed by atoms with E-state index in [9.17, 15) is 19.2 Å². The number of hydrogen-bond acceptors (Lipinski definition) is 8. The topological polar surface area (TPSA) is 86.7 Å². The molecule has 0 fully saturated rings. The average molecular weight is 390 g/mol. The minimum absolute atomic E-state index is 0.314. The van der Waals surface area contributed by atoms with Gasteiger partial charge in [-0.15, -0.1) is 0 Å². The van der Waals surface area contributed by atoms with E-state index >= 15 is 0 Å². The molecule has 0 atom stereocenters. The van der Waals surface area contributed by atoms with Gasteiger partial charge in [0.25, 0.3) is 0 Å². The van der Waals surface area contributed by atoms with Crippen LogP contribution in [0.2, 0.25) is 0 Å². The quantitative estimate of drug-likeness (QED) is 0.578. The van der Waals surface area contributed by atoms with Crippen molar-refractivity contribution in [1.82, 2.24) is 0 Å². The molecule has 2 rings (SSSR count). The zero-order valence-corrected chi connectivity index (χ0v) is 15.5. The predicted octanol–water partition coefficient (Wildman–Crippen LogP) is 3.62. The van der Waals surface area contributed by atoms with E-state index in [1.807, 2.05) is 0 Å². The molecule has 0 radical (unpaired) electrons. The third-order valence-corrected chi connectivity index (χ3v) is 5.29. The first-order valence-electron chi connectivity index (χ1n) is 7.26. The number of hydrogen-bond donors (Lipinski definition) is 0. The zero-order chi connectivity index (χ0) is 19.1. The summed E-state index contributed by atoms with van der Waals surface area (Å²) in [5, 5.41) is -0.628. The van der Waals surface area contributed by atoms with Gasteiger partial charge in [0.2, 0.25) is 10.2 Å². The standard InChI is InChI=1S/C18H14O6S2/c1-23-15(19)11-3-7-13(8-4-11)17(21)25-26-18(22)14-9-5-12(6-10-14)16(20)24-2/h3-10H,1-2H3. The van der Waals surface area contributed by atoms with Crippen molar-refractivity contribution in [3.63, 3.8) is 0 Å². The van der Waals surface area contributed by atoms with E-state index in [1.165, 1.54) is 62.8 Å². The molecule has 0 amide bonds. The highest BCUT2D eigenvalue weighted by atomic mass is 33.1. The molecule has 0 aliphatic rings. The first-order valence-corrected chi connectivity index (χ1v) is 9.41. The Labute approximate surface area is 157 Å². The third kappa shape index (κ3) is 4.96. The van der Waals surface area contributed by atoms with Crippen LogP contribution in [-0.2, 0) is 9.47 Å². The Morgan fingerprint density at radius 3 is 1.12 bits per heavy atom. The monoisotopic (exact) mass is 390 g/mol. The summed E-state index contributed by atoms with van der Waals surface area (Å²) in [7, 11) is 4.13. The van der Waals surface area contributed by atoms with Crippen molar-refractivity contribution in [2.75, 3.05) is 14.2 Å². The Kier molecular flexibility index (Phi) is 6.99. The summed E-state index contributed by atoms with van der Waals surface area (Å²) in [4.78, 5) is 47.0. The second-order valence-corrected chi connectivity index (χ2v) is 6.95. The minimum Gasteiger partial charge on any atom is -0.465 e. The van der Waals surface area contributed by atoms with E-state index in [0.717, 1.165) is 21.6 Å². The van der Waals surface area contributed by atoms with Gasteiger partial charge in [-0.05, 0) is 70.1 Å². The van der Waals surface area contributed by atoms with Gasteiger partial charge in [0.15, 0.2) is 0 Å². The number of carbonyl (C=O) groups excluding carboxylic acids is 4. The van der Waals surface area contributed by atoms with E-state index in [-0.39, 0.29) is 10.2 Å². The largest absolute Gasteiger partial charge is 0.465 e. The van der Waals surface area contributed by atoms with E-state index < -0.39 is 11.9 Å². The Morgan fingerprint density at radius 2 is 0.846 bits per heavy atom. The molecular weight excluding hydrogens is 376 g/mol. The molecule has 0 spiro atoms. The van der Waals surface area contributed by atoms with Crippen molar-refractivity contribution < 1.29 is 28.7 Å². The van der Waals surface area contributed by atoms with Crippen LogP contribution in [0.3, 0.4) is 0 Å². The predicted molar refractivity (Wildman–Crippen MR) is 99.4 cm³/mol. The van der Waals surface area contributed by atoms with Gasteiger partial charge in [0, 0.05) is 11.1 Å². The van der Waals surface area contributed by atoms with Crippen molar-refractivity contribution in [3.8, 4) is 0 Å². The summed E-state index contributed by atoms with van der Waals surface area (Å²) in [6.07, 6.45) is 0. The summed E-state index contributed by atoms with van der Waals surface area (Å²) >= 11 is 0. The van der Waals surface area contributed by atoms with Crippen LogP contribution in [0.1, 0.15) is 41.4 Å². The summed E-state index contributed by atoms with van der Waals surface area (Å²) < 4.78 is 9.18. The average Bonchev–Trinajstić information content (AvgIpc) is 2.70. The van der Waals surface area contributed by atoms with Crippen LogP contribution in [0.25, 0.3) is 0 Å². The lowest BCUT2D eigenvalue weighted by atomic mass is 10.1.